The summed E-state index contributed by atoms with van der Waals surface area (Å²) >= 11 is 1.45. The lowest BCUT2D eigenvalue weighted by molar-refractivity contribution is -0.119. The van der Waals surface area contributed by atoms with E-state index in [1.165, 1.54) is 11.3 Å². The molecule has 1 atom stereocenters. The summed E-state index contributed by atoms with van der Waals surface area (Å²) in [4.78, 5) is 18.4. The van der Waals surface area contributed by atoms with E-state index in [0.29, 0.717) is 24.8 Å². The molecule has 0 spiro atoms. The van der Waals surface area contributed by atoms with Gasteiger partial charge >= 0.3 is 0 Å². The van der Waals surface area contributed by atoms with E-state index in [1.54, 1.807) is 6.20 Å². The van der Waals surface area contributed by atoms with Crippen molar-refractivity contribution in [3.63, 3.8) is 0 Å². The van der Waals surface area contributed by atoms with E-state index < -0.39 is 0 Å². The standard InChI is InChI=1S/C14H19N5O2S/c1-11-10-22-14(16-11)17-13(20)9-18-5-6-21-12(7-18)8-19-4-2-3-15-19/h2-4,10,12H,5-9H2,1H3,(H,16,17,20)/t12-/m1/s1. The quantitative estimate of drug-likeness (QED) is 0.889. The van der Waals surface area contributed by atoms with Crippen LogP contribution in [0.2, 0.25) is 0 Å². The topological polar surface area (TPSA) is 72.3 Å². The van der Waals surface area contributed by atoms with Crippen LogP contribution in [0.5, 0.6) is 0 Å². The van der Waals surface area contributed by atoms with E-state index in [4.69, 9.17) is 4.74 Å². The molecule has 7 nitrogen and oxygen atoms in total. The lowest BCUT2D eigenvalue weighted by atomic mass is 10.2. The number of anilines is 1. The minimum absolute atomic E-state index is 0.0333. The monoisotopic (exact) mass is 321 g/mol. The van der Waals surface area contributed by atoms with Gasteiger partial charge in [0.1, 0.15) is 0 Å². The van der Waals surface area contributed by atoms with Crippen LogP contribution in [0.15, 0.2) is 23.8 Å². The Morgan fingerprint density at radius 2 is 2.50 bits per heavy atom. The average molecular weight is 321 g/mol. The van der Waals surface area contributed by atoms with Crippen molar-refractivity contribution in [1.82, 2.24) is 19.7 Å². The van der Waals surface area contributed by atoms with E-state index in [9.17, 15) is 4.79 Å². The number of aryl methyl sites for hydroxylation is 1. The van der Waals surface area contributed by atoms with Crippen LogP contribution in [0, 0.1) is 6.92 Å². The number of thiazole rings is 1. The van der Waals surface area contributed by atoms with Gasteiger partial charge < -0.3 is 10.1 Å². The largest absolute Gasteiger partial charge is 0.374 e. The number of rotatable bonds is 5. The molecule has 0 aliphatic carbocycles. The molecule has 1 aliphatic heterocycles. The van der Waals surface area contributed by atoms with E-state index >= 15 is 0 Å². The van der Waals surface area contributed by atoms with Crippen LogP contribution in [0.25, 0.3) is 0 Å². The van der Waals surface area contributed by atoms with Gasteiger partial charge in [-0.25, -0.2) is 4.98 Å². The number of ether oxygens (including phenoxy) is 1. The number of hydrogen-bond acceptors (Lipinski definition) is 6. The first-order chi connectivity index (χ1) is 10.7. The number of hydrogen-bond donors (Lipinski definition) is 1. The maximum absolute atomic E-state index is 12.1. The Hall–Kier alpha value is -1.77. The summed E-state index contributed by atoms with van der Waals surface area (Å²) in [5.74, 6) is -0.0333. The van der Waals surface area contributed by atoms with Crippen LogP contribution in [0.3, 0.4) is 0 Å². The molecule has 3 heterocycles. The number of nitrogens with zero attached hydrogens (tertiary/aromatic N) is 4. The molecule has 1 aliphatic rings. The Balaban J connectivity index is 1.48. The zero-order valence-corrected chi connectivity index (χ0v) is 13.3. The maximum Gasteiger partial charge on any atom is 0.240 e. The molecule has 2 aromatic rings. The predicted octanol–water partition coefficient (Wildman–Crippen LogP) is 0.988. The Labute approximate surface area is 132 Å². The van der Waals surface area contributed by atoms with Crippen LogP contribution in [0.4, 0.5) is 5.13 Å². The van der Waals surface area contributed by atoms with Gasteiger partial charge in [0, 0.05) is 30.9 Å². The molecular formula is C14H19N5O2S. The lowest BCUT2D eigenvalue weighted by Gasteiger charge is -2.32. The Bertz CT molecular complexity index is 613. The summed E-state index contributed by atoms with van der Waals surface area (Å²) in [6, 6.07) is 1.89. The minimum atomic E-state index is -0.0333. The third-order valence-corrected chi connectivity index (χ3v) is 4.28. The summed E-state index contributed by atoms with van der Waals surface area (Å²) in [6.07, 6.45) is 3.73. The third kappa shape index (κ3) is 4.12. The maximum atomic E-state index is 12.1. The molecule has 0 aromatic carbocycles. The first kappa shape index (κ1) is 15.1. The molecule has 1 fully saturated rings. The Kier molecular flexibility index (Phi) is 4.81. The van der Waals surface area contributed by atoms with Gasteiger partial charge in [-0.15, -0.1) is 11.3 Å². The minimum Gasteiger partial charge on any atom is -0.374 e. The van der Waals surface area contributed by atoms with Gasteiger partial charge in [-0.1, -0.05) is 0 Å². The highest BCUT2D eigenvalue weighted by molar-refractivity contribution is 7.13. The second-order valence-corrected chi connectivity index (χ2v) is 6.16. The van der Waals surface area contributed by atoms with Crippen molar-refractivity contribution >= 4 is 22.4 Å². The number of carbonyl (C=O) groups is 1. The second kappa shape index (κ2) is 6.99. The van der Waals surface area contributed by atoms with Gasteiger partial charge in [0.25, 0.3) is 0 Å². The van der Waals surface area contributed by atoms with Crippen LogP contribution in [-0.2, 0) is 16.1 Å². The van der Waals surface area contributed by atoms with Crippen molar-refractivity contribution in [3.05, 3.63) is 29.5 Å². The van der Waals surface area contributed by atoms with Crippen molar-refractivity contribution < 1.29 is 9.53 Å². The average Bonchev–Trinajstić information content (AvgIpc) is 3.11. The predicted molar refractivity (Wildman–Crippen MR) is 83.9 cm³/mol. The molecule has 2 aromatic heterocycles. The molecule has 1 N–H and O–H groups in total. The van der Waals surface area contributed by atoms with Crippen molar-refractivity contribution in [3.8, 4) is 0 Å². The van der Waals surface area contributed by atoms with Crippen LogP contribution < -0.4 is 5.32 Å². The van der Waals surface area contributed by atoms with Gasteiger partial charge in [0.05, 0.1) is 31.5 Å². The number of carbonyl (C=O) groups excluding carboxylic acids is 1. The van der Waals surface area contributed by atoms with E-state index in [-0.39, 0.29) is 12.0 Å². The molecule has 1 saturated heterocycles. The van der Waals surface area contributed by atoms with Crippen molar-refractivity contribution in [2.24, 2.45) is 0 Å². The molecule has 0 radical (unpaired) electrons. The number of aromatic nitrogens is 3. The zero-order chi connectivity index (χ0) is 15.4. The first-order valence-corrected chi connectivity index (χ1v) is 8.10. The van der Waals surface area contributed by atoms with Gasteiger partial charge in [-0.2, -0.15) is 5.10 Å². The highest BCUT2D eigenvalue weighted by atomic mass is 32.1. The fraction of sp³-hybridized carbons (Fsp3) is 0.500. The second-order valence-electron chi connectivity index (χ2n) is 5.30. The van der Waals surface area contributed by atoms with E-state index in [1.807, 2.05) is 29.2 Å². The Morgan fingerprint density at radius 3 is 3.23 bits per heavy atom. The zero-order valence-electron chi connectivity index (χ0n) is 12.4. The van der Waals surface area contributed by atoms with Crippen LogP contribution >= 0.6 is 11.3 Å². The summed E-state index contributed by atoms with van der Waals surface area (Å²) < 4.78 is 7.59. The molecule has 1 amide bonds. The summed E-state index contributed by atoms with van der Waals surface area (Å²) in [5.41, 5.74) is 0.922. The van der Waals surface area contributed by atoms with Crippen molar-refractivity contribution in [2.75, 3.05) is 31.6 Å². The summed E-state index contributed by atoms with van der Waals surface area (Å²) in [6.45, 7) is 5.10. The molecule has 0 bridgehead atoms. The normalized spacial score (nSPS) is 19.2. The lowest BCUT2D eigenvalue weighted by Crippen LogP contribution is -2.47. The van der Waals surface area contributed by atoms with Crippen molar-refractivity contribution in [2.45, 2.75) is 19.6 Å². The molecule has 118 valence electrons. The Morgan fingerprint density at radius 1 is 1.59 bits per heavy atom. The molecule has 3 rings (SSSR count). The van der Waals surface area contributed by atoms with Gasteiger partial charge in [0.15, 0.2) is 5.13 Å². The molecule has 0 unspecified atom stereocenters. The number of amides is 1. The first-order valence-electron chi connectivity index (χ1n) is 7.22. The van der Waals surface area contributed by atoms with E-state index in [2.05, 4.69) is 20.3 Å². The van der Waals surface area contributed by atoms with Gasteiger partial charge in [-0.3, -0.25) is 14.4 Å². The highest BCUT2D eigenvalue weighted by Crippen LogP contribution is 2.14. The summed E-state index contributed by atoms with van der Waals surface area (Å²) in [5, 5.41) is 9.60. The number of nitrogens with one attached hydrogen (secondary N) is 1. The van der Waals surface area contributed by atoms with Crippen molar-refractivity contribution in [1.29, 1.82) is 0 Å². The molecule has 22 heavy (non-hydrogen) atoms. The van der Waals surface area contributed by atoms with Crippen LogP contribution in [-0.4, -0.2) is 57.9 Å². The fourth-order valence-corrected chi connectivity index (χ4v) is 3.13. The fourth-order valence-electron chi connectivity index (χ4n) is 2.42. The third-order valence-electron chi connectivity index (χ3n) is 3.41. The van der Waals surface area contributed by atoms with Gasteiger partial charge in [0.2, 0.25) is 5.91 Å². The van der Waals surface area contributed by atoms with E-state index in [0.717, 1.165) is 18.8 Å². The highest BCUT2D eigenvalue weighted by Gasteiger charge is 2.22. The number of morpholine rings is 1. The smallest absolute Gasteiger partial charge is 0.240 e. The molecule has 8 heteroatoms. The molecular weight excluding hydrogens is 302 g/mol. The SMILES string of the molecule is Cc1csc(NC(=O)CN2CCO[C@@H](Cn3cccn3)C2)n1. The summed E-state index contributed by atoms with van der Waals surface area (Å²) in [7, 11) is 0. The van der Waals surface area contributed by atoms with Gasteiger partial charge in [-0.05, 0) is 13.0 Å². The molecule has 0 saturated carbocycles. The van der Waals surface area contributed by atoms with Crippen LogP contribution in [0.1, 0.15) is 5.69 Å².